The van der Waals surface area contributed by atoms with E-state index in [0.29, 0.717) is 0 Å². The first-order valence-corrected chi connectivity index (χ1v) is 5.03. The van der Waals surface area contributed by atoms with E-state index in [1.165, 1.54) is 38.5 Å². The molecule has 0 aromatic heterocycles. The van der Waals surface area contributed by atoms with Crippen LogP contribution in [0.3, 0.4) is 0 Å². The van der Waals surface area contributed by atoms with Crippen LogP contribution in [0, 0.1) is 5.92 Å². The Morgan fingerprint density at radius 2 is 2.27 bits per heavy atom. The highest BCUT2D eigenvalue weighted by molar-refractivity contribution is 5.08. The quantitative estimate of drug-likeness (QED) is 0.538. The van der Waals surface area contributed by atoms with Crippen LogP contribution in [0.4, 0.5) is 0 Å². The first-order valence-electron chi connectivity index (χ1n) is 5.03. The van der Waals surface area contributed by atoms with Crippen molar-refractivity contribution in [2.45, 2.75) is 52.4 Å². The molecule has 11 heavy (non-hydrogen) atoms. The van der Waals surface area contributed by atoms with Crippen LogP contribution in [0.25, 0.3) is 0 Å². The van der Waals surface area contributed by atoms with Gasteiger partial charge in [-0.2, -0.15) is 0 Å². The fraction of sp³-hybridized carbons (Fsp3) is 0.818. The molecule has 0 N–H and O–H groups in total. The lowest BCUT2D eigenvalue weighted by atomic mass is 9.88. The molecule has 0 aromatic rings. The maximum absolute atomic E-state index is 2.48. The van der Waals surface area contributed by atoms with Crippen molar-refractivity contribution in [2.75, 3.05) is 0 Å². The minimum Gasteiger partial charge on any atom is -0.0851 e. The molecule has 0 saturated carbocycles. The largest absolute Gasteiger partial charge is 0.0851 e. The van der Waals surface area contributed by atoms with Gasteiger partial charge in [0.25, 0.3) is 0 Å². The summed E-state index contributed by atoms with van der Waals surface area (Å²) < 4.78 is 0. The number of hydrogen-bond acceptors (Lipinski definition) is 0. The second-order valence-electron chi connectivity index (χ2n) is 3.71. The molecule has 0 spiro atoms. The molecule has 0 aromatic carbocycles. The van der Waals surface area contributed by atoms with Crippen LogP contribution < -0.4 is 0 Å². The van der Waals surface area contributed by atoms with E-state index in [2.05, 4.69) is 19.9 Å². The van der Waals surface area contributed by atoms with Gasteiger partial charge in [0.1, 0.15) is 0 Å². The van der Waals surface area contributed by atoms with Crippen LogP contribution >= 0.6 is 0 Å². The Labute approximate surface area is 70.7 Å². The van der Waals surface area contributed by atoms with Gasteiger partial charge in [0, 0.05) is 0 Å². The Hall–Kier alpha value is -0.260. The summed E-state index contributed by atoms with van der Waals surface area (Å²) in [4.78, 5) is 0. The summed E-state index contributed by atoms with van der Waals surface area (Å²) in [5, 5.41) is 0. The van der Waals surface area contributed by atoms with Gasteiger partial charge in [-0.25, -0.2) is 0 Å². The molecule has 0 amide bonds. The van der Waals surface area contributed by atoms with E-state index in [-0.39, 0.29) is 0 Å². The third-order valence-electron chi connectivity index (χ3n) is 2.68. The Morgan fingerprint density at radius 3 is 2.82 bits per heavy atom. The van der Waals surface area contributed by atoms with Crippen LogP contribution in [0.15, 0.2) is 11.6 Å². The lowest BCUT2D eigenvalue weighted by Crippen LogP contribution is -2.02. The maximum atomic E-state index is 2.48. The molecule has 0 radical (unpaired) electrons. The number of hydrogen-bond donors (Lipinski definition) is 0. The molecule has 0 fully saturated rings. The predicted molar refractivity (Wildman–Crippen MR) is 50.6 cm³/mol. The van der Waals surface area contributed by atoms with Crippen LogP contribution in [0.5, 0.6) is 0 Å². The van der Waals surface area contributed by atoms with Gasteiger partial charge in [0.2, 0.25) is 0 Å². The van der Waals surface area contributed by atoms with Gasteiger partial charge in [-0.15, -0.1) is 0 Å². The highest BCUT2D eigenvalue weighted by Gasteiger charge is 2.09. The van der Waals surface area contributed by atoms with E-state index in [1.807, 2.05) is 0 Å². The zero-order valence-electron chi connectivity index (χ0n) is 7.90. The first kappa shape index (κ1) is 8.83. The van der Waals surface area contributed by atoms with Crippen molar-refractivity contribution < 1.29 is 0 Å². The lowest BCUT2D eigenvalue weighted by molar-refractivity contribution is 0.545. The molecule has 0 nitrogen and oxygen atoms in total. The minimum atomic E-state index is 0.861. The maximum Gasteiger partial charge on any atom is -0.0232 e. The highest BCUT2D eigenvalue weighted by atomic mass is 14.2. The molecule has 1 aliphatic carbocycles. The average molecular weight is 152 g/mol. The van der Waals surface area contributed by atoms with Crippen molar-refractivity contribution >= 4 is 0 Å². The highest BCUT2D eigenvalue weighted by Crippen LogP contribution is 2.26. The van der Waals surface area contributed by atoms with Gasteiger partial charge in [-0.3, -0.25) is 0 Å². The van der Waals surface area contributed by atoms with E-state index in [1.54, 1.807) is 5.57 Å². The number of allylic oxidation sites excluding steroid dienone is 2. The molecule has 1 unspecified atom stereocenters. The zero-order chi connectivity index (χ0) is 8.10. The van der Waals surface area contributed by atoms with Gasteiger partial charge < -0.3 is 0 Å². The Kier molecular flexibility index (Phi) is 3.68. The standard InChI is InChI=1S/C11H20/c1-3-7-10(2)11-8-5-4-6-9-11/h8,10H,3-7,9H2,1-2H3. The summed E-state index contributed by atoms with van der Waals surface area (Å²) in [6.45, 7) is 4.65. The Bertz CT molecular complexity index is 133. The van der Waals surface area contributed by atoms with E-state index < -0.39 is 0 Å². The SMILES string of the molecule is CCCC(C)C1=CCCCC1. The van der Waals surface area contributed by atoms with Crippen molar-refractivity contribution in [1.82, 2.24) is 0 Å². The van der Waals surface area contributed by atoms with E-state index in [4.69, 9.17) is 0 Å². The lowest BCUT2D eigenvalue weighted by Gasteiger charge is -2.18. The summed E-state index contributed by atoms with van der Waals surface area (Å²) in [5.41, 5.74) is 1.73. The summed E-state index contributed by atoms with van der Waals surface area (Å²) >= 11 is 0. The smallest absolute Gasteiger partial charge is 0.0232 e. The topological polar surface area (TPSA) is 0 Å². The van der Waals surface area contributed by atoms with Crippen molar-refractivity contribution in [2.24, 2.45) is 5.92 Å². The van der Waals surface area contributed by atoms with Gasteiger partial charge in [-0.1, -0.05) is 31.9 Å². The first-order chi connectivity index (χ1) is 5.34. The molecular weight excluding hydrogens is 132 g/mol. The van der Waals surface area contributed by atoms with Gasteiger partial charge in [0.15, 0.2) is 0 Å². The van der Waals surface area contributed by atoms with Crippen molar-refractivity contribution in [3.05, 3.63) is 11.6 Å². The van der Waals surface area contributed by atoms with Crippen LogP contribution in [0.2, 0.25) is 0 Å². The van der Waals surface area contributed by atoms with Crippen molar-refractivity contribution in [3.8, 4) is 0 Å². The molecule has 0 heterocycles. The van der Waals surface area contributed by atoms with Gasteiger partial charge >= 0.3 is 0 Å². The summed E-state index contributed by atoms with van der Waals surface area (Å²) in [6, 6.07) is 0. The fourth-order valence-corrected chi connectivity index (χ4v) is 1.93. The van der Waals surface area contributed by atoms with Crippen LogP contribution in [-0.4, -0.2) is 0 Å². The number of rotatable bonds is 3. The molecule has 0 heteroatoms. The molecule has 0 aliphatic heterocycles. The molecule has 1 rings (SSSR count). The average Bonchev–Trinajstić information content (AvgIpc) is 2.07. The van der Waals surface area contributed by atoms with Crippen molar-refractivity contribution in [3.63, 3.8) is 0 Å². The van der Waals surface area contributed by atoms with E-state index in [9.17, 15) is 0 Å². The van der Waals surface area contributed by atoms with Gasteiger partial charge in [0.05, 0.1) is 0 Å². The van der Waals surface area contributed by atoms with Gasteiger partial charge in [-0.05, 0) is 38.0 Å². The zero-order valence-corrected chi connectivity index (χ0v) is 7.90. The predicted octanol–water partition coefficient (Wildman–Crippen LogP) is 3.92. The van der Waals surface area contributed by atoms with Crippen LogP contribution in [0.1, 0.15) is 52.4 Å². The summed E-state index contributed by atoms with van der Waals surface area (Å²) in [5.74, 6) is 0.861. The molecular formula is C11H20. The minimum absolute atomic E-state index is 0.861. The molecule has 0 saturated heterocycles. The van der Waals surface area contributed by atoms with Crippen molar-refractivity contribution in [1.29, 1.82) is 0 Å². The van der Waals surface area contributed by atoms with E-state index >= 15 is 0 Å². The molecule has 0 bridgehead atoms. The molecule has 1 aliphatic rings. The van der Waals surface area contributed by atoms with E-state index in [0.717, 1.165) is 5.92 Å². The molecule has 64 valence electrons. The molecule has 1 atom stereocenters. The third kappa shape index (κ3) is 2.69. The monoisotopic (exact) mass is 152 g/mol. The second-order valence-corrected chi connectivity index (χ2v) is 3.71. The fourth-order valence-electron chi connectivity index (χ4n) is 1.93. The summed E-state index contributed by atoms with van der Waals surface area (Å²) in [6.07, 6.45) is 10.8. The second kappa shape index (κ2) is 4.58. The Morgan fingerprint density at radius 1 is 1.45 bits per heavy atom. The third-order valence-corrected chi connectivity index (χ3v) is 2.68. The Balaban J connectivity index is 2.37. The normalized spacial score (nSPS) is 21.1. The summed E-state index contributed by atoms with van der Waals surface area (Å²) in [7, 11) is 0. The van der Waals surface area contributed by atoms with Crippen LogP contribution in [-0.2, 0) is 0 Å².